The summed E-state index contributed by atoms with van der Waals surface area (Å²) in [4.78, 5) is 0. The fourth-order valence-electron chi connectivity index (χ4n) is 3.33. The normalized spacial score (nSPS) is 22.6. The van der Waals surface area contributed by atoms with Gasteiger partial charge in [0.25, 0.3) is 0 Å². The third kappa shape index (κ3) is 3.01. The molecule has 110 valence electrons. The van der Waals surface area contributed by atoms with Crippen molar-refractivity contribution in [1.82, 2.24) is 5.32 Å². The standard InChI is InChI=1S/C19H22FN/c1-13-7-3-4-8-17(13)14(2)21-16-11-15(12-16)18-9-5-6-10-19(18)20/h3-10,14-16,21H,11-12H2,1-2H3/t14-,15?,16?/m0/s1. The Hall–Kier alpha value is -1.67. The molecule has 0 radical (unpaired) electrons. The Balaban J connectivity index is 1.58. The summed E-state index contributed by atoms with van der Waals surface area (Å²) >= 11 is 0. The van der Waals surface area contributed by atoms with E-state index in [1.54, 1.807) is 12.1 Å². The van der Waals surface area contributed by atoms with Gasteiger partial charge in [-0.1, -0.05) is 42.5 Å². The maximum Gasteiger partial charge on any atom is 0.126 e. The van der Waals surface area contributed by atoms with Crippen molar-refractivity contribution in [2.24, 2.45) is 0 Å². The van der Waals surface area contributed by atoms with Crippen LogP contribution >= 0.6 is 0 Å². The molecule has 1 nitrogen and oxygen atoms in total. The molecular formula is C19H22FN. The molecule has 2 aromatic rings. The van der Waals surface area contributed by atoms with E-state index in [-0.39, 0.29) is 5.82 Å². The first-order valence-corrected chi connectivity index (χ1v) is 7.71. The van der Waals surface area contributed by atoms with Gasteiger partial charge in [0.05, 0.1) is 0 Å². The van der Waals surface area contributed by atoms with Crippen molar-refractivity contribution in [2.75, 3.05) is 0 Å². The summed E-state index contributed by atoms with van der Waals surface area (Å²) in [5.74, 6) is 0.306. The van der Waals surface area contributed by atoms with Crippen LogP contribution in [0.1, 0.15) is 48.4 Å². The average Bonchev–Trinajstić information content (AvgIpc) is 2.44. The van der Waals surface area contributed by atoms with Crippen LogP contribution in [-0.2, 0) is 0 Å². The molecule has 1 saturated carbocycles. The number of halogens is 1. The zero-order valence-electron chi connectivity index (χ0n) is 12.6. The fraction of sp³-hybridized carbons (Fsp3) is 0.368. The number of hydrogen-bond donors (Lipinski definition) is 1. The molecule has 2 heteroatoms. The van der Waals surface area contributed by atoms with E-state index < -0.39 is 0 Å². The zero-order chi connectivity index (χ0) is 14.8. The molecule has 0 unspecified atom stereocenters. The predicted molar refractivity (Wildman–Crippen MR) is 84.9 cm³/mol. The summed E-state index contributed by atoms with van der Waals surface area (Å²) in [6, 6.07) is 16.5. The molecule has 1 atom stereocenters. The topological polar surface area (TPSA) is 12.0 Å². The van der Waals surface area contributed by atoms with Crippen LogP contribution < -0.4 is 5.32 Å². The molecule has 0 spiro atoms. The molecule has 3 rings (SSSR count). The highest BCUT2D eigenvalue weighted by molar-refractivity contribution is 5.29. The molecule has 0 saturated heterocycles. The molecule has 1 N–H and O–H groups in total. The monoisotopic (exact) mass is 283 g/mol. The summed E-state index contributed by atoms with van der Waals surface area (Å²) in [6.07, 6.45) is 2.05. The van der Waals surface area contributed by atoms with E-state index in [0.29, 0.717) is 18.0 Å². The molecule has 1 fully saturated rings. The SMILES string of the molecule is Cc1ccccc1[C@H](C)NC1CC(c2ccccc2F)C1. The fourth-order valence-corrected chi connectivity index (χ4v) is 3.33. The summed E-state index contributed by atoms with van der Waals surface area (Å²) in [7, 11) is 0. The highest BCUT2D eigenvalue weighted by Gasteiger charge is 2.32. The third-order valence-corrected chi connectivity index (χ3v) is 4.62. The van der Waals surface area contributed by atoms with Crippen molar-refractivity contribution in [2.45, 2.75) is 44.7 Å². The summed E-state index contributed by atoms with van der Waals surface area (Å²) in [5, 5.41) is 3.67. The lowest BCUT2D eigenvalue weighted by molar-refractivity contribution is 0.266. The van der Waals surface area contributed by atoms with Crippen molar-refractivity contribution in [3.63, 3.8) is 0 Å². The first kappa shape index (κ1) is 14.3. The maximum atomic E-state index is 13.7. The first-order valence-electron chi connectivity index (χ1n) is 7.71. The van der Waals surface area contributed by atoms with Crippen LogP contribution in [0.5, 0.6) is 0 Å². The van der Waals surface area contributed by atoms with Gasteiger partial charge in [-0.3, -0.25) is 0 Å². The van der Waals surface area contributed by atoms with E-state index >= 15 is 0 Å². The van der Waals surface area contributed by atoms with Crippen molar-refractivity contribution < 1.29 is 4.39 Å². The molecule has 1 aliphatic rings. The Bertz CT molecular complexity index is 616. The van der Waals surface area contributed by atoms with Crippen LogP contribution in [0, 0.1) is 12.7 Å². The largest absolute Gasteiger partial charge is 0.307 e. The zero-order valence-corrected chi connectivity index (χ0v) is 12.6. The molecule has 1 aliphatic carbocycles. The van der Waals surface area contributed by atoms with Crippen LogP contribution in [0.3, 0.4) is 0 Å². The molecule has 0 aliphatic heterocycles. The summed E-state index contributed by atoms with van der Waals surface area (Å²) in [5.41, 5.74) is 3.55. The number of aryl methyl sites for hydroxylation is 1. The van der Waals surface area contributed by atoms with Gasteiger partial charge >= 0.3 is 0 Å². The molecular weight excluding hydrogens is 261 g/mol. The Kier molecular flexibility index (Phi) is 4.07. The number of benzene rings is 2. The second-order valence-corrected chi connectivity index (χ2v) is 6.13. The minimum atomic E-state index is -0.0621. The second kappa shape index (κ2) is 5.98. The van der Waals surface area contributed by atoms with E-state index in [0.717, 1.165) is 18.4 Å². The summed E-state index contributed by atoms with van der Waals surface area (Å²) < 4.78 is 13.7. The molecule has 21 heavy (non-hydrogen) atoms. The lowest BCUT2D eigenvalue weighted by atomic mass is 9.75. The molecule has 2 aromatic carbocycles. The first-order chi connectivity index (χ1) is 10.1. The lowest BCUT2D eigenvalue weighted by Gasteiger charge is -2.38. The van der Waals surface area contributed by atoms with Gasteiger partial charge in [0, 0.05) is 12.1 Å². The van der Waals surface area contributed by atoms with Gasteiger partial charge in [-0.2, -0.15) is 0 Å². The second-order valence-electron chi connectivity index (χ2n) is 6.13. The van der Waals surface area contributed by atoms with Crippen LogP contribution in [0.4, 0.5) is 4.39 Å². The van der Waals surface area contributed by atoms with Gasteiger partial charge < -0.3 is 5.32 Å². The molecule has 0 aromatic heterocycles. The van der Waals surface area contributed by atoms with Gasteiger partial charge in [0.15, 0.2) is 0 Å². The van der Waals surface area contributed by atoms with E-state index in [4.69, 9.17) is 0 Å². The number of hydrogen-bond acceptors (Lipinski definition) is 1. The van der Waals surface area contributed by atoms with Crippen molar-refractivity contribution in [3.8, 4) is 0 Å². The highest BCUT2D eigenvalue weighted by Crippen LogP contribution is 2.39. The Morgan fingerprint density at radius 3 is 2.43 bits per heavy atom. The van der Waals surface area contributed by atoms with Crippen LogP contribution in [-0.4, -0.2) is 6.04 Å². The number of nitrogens with one attached hydrogen (secondary N) is 1. The van der Waals surface area contributed by atoms with Gasteiger partial charge in [-0.15, -0.1) is 0 Å². The van der Waals surface area contributed by atoms with Gasteiger partial charge in [-0.05, 0) is 55.4 Å². The van der Waals surface area contributed by atoms with E-state index in [1.807, 2.05) is 12.1 Å². The van der Waals surface area contributed by atoms with Gasteiger partial charge in [0.1, 0.15) is 5.82 Å². The lowest BCUT2D eigenvalue weighted by Crippen LogP contribution is -2.41. The van der Waals surface area contributed by atoms with Gasteiger partial charge in [-0.25, -0.2) is 4.39 Å². The minimum absolute atomic E-state index is 0.0621. The Labute approximate surface area is 126 Å². The minimum Gasteiger partial charge on any atom is -0.307 e. The van der Waals surface area contributed by atoms with Gasteiger partial charge in [0.2, 0.25) is 0 Å². The van der Waals surface area contributed by atoms with Crippen molar-refractivity contribution >= 4 is 0 Å². The molecule has 0 heterocycles. The maximum absolute atomic E-state index is 13.7. The quantitative estimate of drug-likeness (QED) is 0.855. The van der Waals surface area contributed by atoms with Crippen LogP contribution in [0.25, 0.3) is 0 Å². The highest BCUT2D eigenvalue weighted by atomic mass is 19.1. The van der Waals surface area contributed by atoms with Crippen LogP contribution in [0.15, 0.2) is 48.5 Å². The predicted octanol–water partition coefficient (Wildman–Crippen LogP) is 4.73. The van der Waals surface area contributed by atoms with E-state index in [9.17, 15) is 4.39 Å². The number of rotatable bonds is 4. The van der Waals surface area contributed by atoms with E-state index in [1.165, 1.54) is 11.1 Å². The van der Waals surface area contributed by atoms with Crippen LogP contribution in [0.2, 0.25) is 0 Å². The average molecular weight is 283 g/mol. The molecule has 0 amide bonds. The molecule has 0 bridgehead atoms. The Morgan fingerprint density at radius 1 is 1.05 bits per heavy atom. The van der Waals surface area contributed by atoms with Crippen molar-refractivity contribution in [1.29, 1.82) is 0 Å². The third-order valence-electron chi connectivity index (χ3n) is 4.62. The van der Waals surface area contributed by atoms with Crippen molar-refractivity contribution in [3.05, 3.63) is 71.0 Å². The van der Waals surface area contributed by atoms with E-state index in [2.05, 4.69) is 43.4 Å². The summed E-state index contributed by atoms with van der Waals surface area (Å²) in [6.45, 7) is 4.36. The smallest absolute Gasteiger partial charge is 0.126 e. The Morgan fingerprint density at radius 2 is 1.71 bits per heavy atom.